The van der Waals surface area contributed by atoms with Crippen LogP contribution in [0.3, 0.4) is 0 Å². The molecular formula is C59H51IrN3O2-2. The molecule has 0 atom stereocenters. The molecule has 0 saturated carbocycles. The van der Waals surface area contributed by atoms with E-state index in [2.05, 4.69) is 125 Å². The number of pyridine rings is 1. The van der Waals surface area contributed by atoms with E-state index in [9.17, 15) is 0 Å². The molecule has 325 valence electrons. The van der Waals surface area contributed by atoms with Crippen LogP contribution in [0.4, 0.5) is 0 Å². The number of benzene rings is 7. The van der Waals surface area contributed by atoms with E-state index in [0.29, 0.717) is 38.9 Å². The average molecular weight is 1030 g/mol. The van der Waals surface area contributed by atoms with Crippen LogP contribution in [0.2, 0.25) is 0 Å². The SMILES string of the molecule is CC(C)(C)c1ccnc(-c2[c-]cccc2)c1.[2H]C([2H])([2H])c1c[c-]c(-c2nc3ccccc3n2-c2c(C(C)C)cc(-c3ccccc3)cc2C(C)C)c2oc3cc4oc5ccccc5c4cc3c12.[Ir]. The molecule has 11 aromatic rings. The summed E-state index contributed by atoms with van der Waals surface area (Å²) in [5, 5.41) is 3.12. The molecule has 11 rings (SSSR count). The van der Waals surface area contributed by atoms with Gasteiger partial charge in [0, 0.05) is 58.3 Å². The number of para-hydroxylation sites is 3. The minimum atomic E-state index is -2.40. The Kier molecular flexibility index (Phi) is 10.7. The number of furan rings is 2. The molecule has 0 saturated heterocycles. The van der Waals surface area contributed by atoms with Gasteiger partial charge in [-0.05, 0) is 93.2 Å². The quantitative estimate of drug-likeness (QED) is 0.156. The molecule has 4 heterocycles. The molecule has 4 aromatic heterocycles. The summed E-state index contributed by atoms with van der Waals surface area (Å²) in [6.07, 6.45) is 1.87. The van der Waals surface area contributed by atoms with Crippen LogP contribution in [0.5, 0.6) is 0 Å². The van der Waals surface area contributed by atoms with E-state index >= 15 is 0 Å². The first-order chi connectivity index (χ1) is 32.2. The van der Waals surface area contributed by atoms with Crippen molar-refractivity contribution in [3.63, 3.8) is 0 Å². The molecule has 0 unspecified atom stereocenters. The molecule has 0 amide bonds. The van der Waals surface area contributed by atoms with Crippen molar-refractivity contribution in [1.82, 2.24) is 14.5 Å². The second-order valence-electron chi connectivity index (χ2n) is 18.2. The molecule has 65 heavy (non-hydrogen) atoms. The van der Waals surface area contributed by atoms with Crippen molar-refractivity contribution in [3.8, 4) is 39.5 Å². The molecule has 5 nitrogen and oxygen atoms in total. The molecule has 0 aliphatic rings. The van der Waals surface area contributed by atoms with E-state index in [4.69, 9.17) is 17.9 Å². The number of rotatable bonds is 6. The van der Waals surface area contributed by atoms with Crippen molar-refractivity contribution in [2.45, 2.75) is 72.6 Å². The standard InChI is InChI=1S/C44H35N2O2.C15H16N.Ir/c1-25(2)32-21-29(28-13-7-6-8-14-28)22-33(26(3)4)42(32)46-37-17-11-10-16-36(37)45-44(46)31-20-19-27(5)41-35-23-34-30-15-9-12-18-38(30)47-39(34)24-40(35)48-43(31)41;1-15(2,3)13-9-10-16-14(11-13)12-7-5-4-6-8-12;/h6-19,21-26H,1-5H3;4-7,9-11H,1-3H3;/q2*-1;/i5D3;;. The summed E-state index contributed by atoms with van der Waals surface area (Å²) in [4.78, 5) is 9.64. The summed E-state index contributed by atoms with van der Waals surface area (Å²) >= 11 is 0. The summed E-state index contributed by atoms with van der Waals surface area (Å²) < 4.78 is 40.8. The number of fused-ring (bicyclic) bond motifs is 7. The molecular weight excluding hydrogens is 975 g/mol. The van der Waals surface area contributed by atoms with Crippen LogP contribution >= 0.6 is 0 Å². The Bertz CT molecular complexity index is 3590. The first-order valence-electron chi connectivity index (χ1n) is 23.5. The first-order valence-corrected chi connectivity index (χ1v) is 22.0. The summed E-state index contributed by atoms with van der Waals surface area (Å²) in [5.41, 5.74) is 14.3. The largest absolute Gasteiger partial charge is 0.500 e. The Morgan fingerprint density at radius 1 is 0.662 bits per heavy atom. The van der Waals surface area contributed by atoms with Crippen LogP contribution in [0.1, 0.15) is 86.7 Å². The molecule has 0 fully saturated rings. The predicted octanol–water partition coefficient (Wildman–Crippen LogP) is 16.4. The topological polar surface area (TPSA) is 57.0 Å². The molecule has 0 aliphatic heterocycles. The predicted molar refractivity (Wildman–Crippen MR) is 265 cm³/mol. The number of hydrogen-bond donors (Lipinski definition) is 0. The van der Waals surface area contributed by atoms with Gasteiger partial charge >= 0.3 is 0 Å². The molecule has 7 aromatic carbocycles. The minimum absolute atomic E-state index is 0. The normalized spacial score (nSPS) is 12.7. The second-order valence-corrected chi connectivity index (χ2v) is 18.2. The Morgan fingerprint density at radius 3 is 2.09 bits per heavy atom. The summed E-state index contributed by atoms with van der Waals surface area (Å²) in [6.45, 7) is 13.1. The maximum absolute atomic E-state index is 8.55. The fraction of sp³-hybridized carbons (Fsp3) is 0.186. The third-order valence-corrected chi connectivity index (χ3v) is 12.2. The number of aryl methyl sites for hydroxylation is 1. The van der Waals surface area contributed by atoms with Gasteiger partial charge in [-0.15, -0.1) is 53.6 Å². The van der Waals surface area contributed by atoms with E-state index < -0.39 is 6.85 Å². The van der Waals surface area contributed by atoms with Crippen LogP contribution in [0.25, 0.3) is 94.4 Å². The maximum Gasteiger partial charge on any atom is 0.139 e. The third-order valence-electron chi connectivity index (χ3n) is 12.2. The van der Waals surface area contributed by atoms with Gasteiger partial charge in [-0.1, -0.05) is 133 Å². The third kappa shape index (κ3) is 8.00. The second kappa shape index (κ2) is 17.4. The smallest absolute Gasteiger partial charge is 0.139 e. The van der Waals surface area contributed by atoms with Crippen molar-refractivity contribution in [3.05, 3.63) is 186 Å². The molecule has 0 bridgehead atoms. The first kappa shape index (κ1) is 40.0. The molecule has 0 N–H and O–H groups in total. The molecule has 6 heteroatoms. The summed E-state index contributed by atoms with van der Waals surface area (Å²) in [6, 6.07) is 55.3. The fourth-order valence-corrected chi connectivity index (χ4v) is 8.84. The van der Waals surface area contributed by atoms with Crippen molar-refractivity contribution in [2.24, 2.45) is 0 Å². The Balaban J connectivity index is 0.000000289. The molecule has 0 spiro atoms. The van der Waals surface area contributed by atoms with Gasteiger partial charge in [0.15, 0.2) is 0 Å². The summed E-state index contributed by atoms with van der Waals surface area (Å²) in [7, 11) is 0. The van der Waals surface area contributed by atoms with Gasteiger partial charge < -0.3 is 18.4 Å². The van der Waals surface area contributed by atoms with Gasteiger partial charge in [0.25, 0.3) is 0 Å². The van der Waals surface area contributed by atoms with Crippen LogP contribution in [0.15, 0.2) is 161 Å². The molecule has 1 radical (unpaired) electrons. The number of imidazole rings is 1. The number of hydrogen-bond acceptors (Lipinski definition) is 4. The zero-order valence-electron chi connectivity index (χ0n) is 40.6. The van der Waals surface area contributed by atoms with E-state index in [1.165, 1.54) is 27.8 Å². The van der Waals surface area contributed by atoms with Crippen LogP contribution in [0, 0.1) is 19.0 Å². The van der Waals surface area contributed by atoms with Gasteiger partial charge in [0.1, 0.15) is 16.7 Å². The van der Waals surface area contributed by atoms with Crippen LogP contribution in [-0.4, -0.2) is 14.5 Å². The van der Waals surface area contributed by atoms with Gasteiger partial charge in [-0.2, -0.15) is 0 Å². The van der Waals surface area contributed by atoms with Crippen molar-refractivity contribution < 1.29 is 33.1 Å². The monoisotopic (exact) mass is 1030 g/mol. The van der Waals surface area contributed by atoms with Crippen molar-refractivity contribution >= 4 is 54.9 Å². The minimum Gasteiger partial charge on any atom is -0.500 e. The number of aromatic nitrogens is 3. The Morgan fingerprint density at radius 2 is 1.37 bits per heavy atom. The zero-order chi connectivity index (χ0) is 46.8. The molecule has 0 aliphatic carbocycles. The zero-order valence-corrected chi connectivity index (χ0v) is 40.0. The van der Waals surface area contributed by atoms with Gasteiger partial charge in [0.05, 0.1) is 22.4 Å². The fourth-order valence-electron chi connectivity index (χ4n) is 8.84. The Labute approximate surface area is 398 Å². The van der Waals surface area contributed by atoms with Gasteiger partial charge in [-0.3, -0.25) is 4.98 Å². The van der Waals surface area contributed by atoms with E-state index in [-0.39, 0.29) is 42.9 Å². The van der Waals surface area contributed by atoms with Crippen molar-refractivity contribution in [2.75, 3.05) is 0 Å². The van der Waals surface area contributed by atoms with Crippen LogP contribution in [-0.2, 0) is 25.5 Å². The van der Waals surface area contributed by atoms with E-state index in [1.54, 1.807) is 6.07 Å². The van der Waals surface area contributed by atoms with Gasteiger partial charge in [0.2, 0.25) is 0 Å². The maximum atomic E-state index is 8.55. The average Bonchev–Trinajstić information content (AvgIpc) is 4.01. The Hall–Kier alpha value is -6.59. The van der Waals surface area contributed by atoms with Gasteiger partial charge in [-0.25, -0.2) is 0 Å². The van der Waals surface area contributed by atoms with Crippen LogP contribution < -0.4 is 0 Å². The van der Waals surface area contributed by atoms with Crippen molar-refractivity contribution in [1.29, 1.82) is 0 Å². The van der Waals surface area contributed by atoms with E-state index in [0.717, 1.165) is 44.3 Å². The number of nitrogens with zero attached hydrogens (tertiary/aromatic N) is 3. The summed E-state index contributed by atoms with van der Waals surface area (Å²) in [5.74, 6) is 1.02. The van der Waals surface area contributed by atoms with E-state index in [1.807, 2.05) is 91.1 Å².